The number of esters is 1. The molecule has 4 nitrogen and oxygen atoms in total. The maximum atomic E-state index is 12.2. The molecule has 1 heterocycles. The Labute approximate surface area is 139 Å². The number of hydrogen-bond donors (Lipinski definition) is 1. The molecular formula is C19H30O4. The van der Waals surface area contributed by atoms with Gasteiger partial charge in [-0.05, 0) is 62.7 Å². The summed E-state index contributed by atoms with van der Waals surface area (Å²) in [5.41, 5.74) is -1.14. The Morgan fingerprint density at radius 1 is 1.30 bits per heavy atom. The van der Waals surface area contributed by atoms with Gasteiger partial charge in [-0.2, -0.15) is 0 Å². The molecule has 3 fully saturated rings. The highest BCUT2D eigenvalue weighted by atomic mass is 16.6. The van der Waals surface area contributed by atoms with Crippen molar-refractivity contribution in [1.29, 1.82) is 0 Å². The van der Waals surface area contributed by atoms with Crippen molar-refractivity contribution in [2.75, 3.05) is 0 Å². The predicted octanol–water partition coefficient (Wildman–Crippen LogP) is 3.25. The highest BCUT2D eigenvalue weighted by Crippen LogP contribution is 2.57. The van der Waals surface area contributed by atoms with E-state index in [0.717, 1.165) is 38.5 Å². The SMILES string of the molecule is CC(CC[C@@H]1C[C@@](C)(O)C(=O)O1)C1CCC2C(=O)CCCC21C. The minimum Gasteiger partial charge on any atom is -0.460 e. The number of hydrogen-bond acceptors (Lipinski definition) is 4. The normalized spacial score (nSPS) is 45.0. The van der Waals surface area contributed by atoms with Gasteiger partial charge in [0, 0.05) is 18.8 Å². The molecule has 3 rings (SSSR count). The van der Waals surface area contributed by atoms with Gasteiger partial charge in [0.05, 0.1) is 0 Å². The van der Waals surface area contributed by atoms with E-state index >= 15 is 0 Å². The van der Waals surface area contributed by atoms with Crippen molar-refractivity contribution in [3.63, 3.8) is 0 Å². The summed E-state index contributed by atoms with van der Waals surface area (Å²) >= 11 is 0. The van der Waals surface area contributed by atoms with Gasteiger partial charge in [0.2, 0.25) is 0 Å². The van der Waals surface area contributed by atoms with Gasteiger partial charge in [-0.1, -0.05) is 13.8 Å². The average molecular weight is 322 g/mol. The topological polar surface area (TPSA) is 63.6 Å². The number of fused-ring (bicyclic) bond motifs is 1. The van der Waals surface area contributed by atoms with Gasteiger partial charge in [-0.25, -0.2) is 4.79 Å². The summed E-state index contributed by atoms with van der Waals surface area (Å²) < 4.78 is 5.30. The number of carbonyl (C=O) groups is 2. The van der Waals surface area contributed by atoms with Crippen LogP contribution in [0.2, 0.25) is 0 Å². The second-order valence-electron chi connectivity index (χ2n) is 8.62. The van der Waals surface area contributed by atoms with E-state index in [1.807, 2.05) is 0 Å². The van der Waals surface area contributed by atoms with Gasteiger partial charge >= 0.3 is 5.97 Å². The van der Waals surface area contributed by atoms with Gasteiger partial charge < -0.3 is 9.84 Å². The van der Waals surface area contributed by atoms with Gasteiger partial charge in [0.15, 0.2) is 5.60 Å². The number of carbonyl (C=O) groups excluding carboxylic acids is 2. The lowest BCUT2D eigenvalue weighted by Gasteiger charge is -2.42. The van der Waals surface area contributed by atoms with Crippen molar-refractivity contribution in [3.05, 3.63) is 0 Å². The lowest BCUT2D eigenvalue weighted by Crippen LogP contribution is -2.39. The Balaban J connectivity index is 1.58. The fourth-order valence-electron chi connectivity index (χ4n) is 5.56. The Kier molecular flexibility index (Phi) is 4.33. The van der Waals surface area contributed by atoms with Crippen molar-refractivity contribution < 1.29 is 19.4 Å². The van der Waals surface area contributed by atoms with Crippen LogP contribution in [-0.2, 0) is 14.3 Å². The maximum Gasteiger partial charge on any atom is 0.338 e. The Hall–Kier alpha value is -0.900. The largest absolute Gasteiger partial charge is 0.460 e. The molecule has 4 heteroatoms. The third kappa shape index (κ3) is 2.95. The summed E-state index contributed by atoms with van der Waals surface area (Å²) in [5.74, 6) is 1.39. The first-order valence-corrected chi connectivity index (χ1v) is 9.20. The highest BCUT2D eigenvalue weighted by molar-refractivity contribution is 5.83. The molecule has 23 heavy (non-hydrogen) atoms. The van der Waals surface area contributed by atoms with E-state index in [1.54, 1.807) is 0 Å². The number of aliphatic hydroxyl groups is 1. The molecule has 0 aromatic rings. The molecule has 0 radical (unpaired) electrons. The molecule has 1 N–H and O–H groups in total. The molecule has 2 aliphatic carbocycles. The molecule has 1 saturated heterocycles. The minimum absolute atomic E-state index is 0.155. The van der Waals surface area contributed by atoms with Crippen LogP contribution in [0.1, 0.15) is 72.1 Å². The van der Waals surface area contributed by atoms with E-state index in [2.05, 4.69) is 13.8 Å². The lowest BCUT2D eigenvalue weighted by atomic mass is 9.62. The molecule has 2 saturated carbocycles. The van der Waals surface area contributed by atoms with E-state index < -0.39 is 11.6 Å². The summed E-state index contributed by atoms with van der Waals surface area (Å²) in [5, 5.41) is 9.92. The fourth-order valence-corrected chi connectivity index (χ4v) is 5.56. The number of ketones is 1. The van der Waals surface area contributed by atoms with Crippen molar-refractivity contribution in [1.82, 2.24) is 0 Å². The van der Waals surface area contributed by atoms with Crippen molar-refractivity contribution >= 4 is 11.8 Å². The molecule has 0 aromatic carbocycles. The minimum atomic E-state index is -1.31. The fraction of sp³-hybridized carbons (Fsp3) is 0.895. The maximum absolute atomic E-state index is 12.2. The molecular weight excluding hydrogens is 292 g/mol. The van der Waals surface area contributed by atoms with Crippen LogP contribution in [0, 0.1) is 23.2 Å². The summed E-state index contributed by atoms with van der Waals surface area (Å²) in [6.07, 6.45) is 7.25. The zero-order valence-electron chi connectivity index (χ0n) is 14.6. The Morgan fingerprint density at radius 2 is 2.04 bits per heavy atom. The van der Waals surface area contributed by atoms with Crippen molar-refractivity contribution in [3.8, 4) is 0 Å². The second kappa shape index (κ2) is 5.87. The third-order valence-electron chi connectivity index (χ3n) is 6.91. The summed E-state index contributed by atoms with van der Waals surface area (Å²) in [6.45, 7) is 6.14. The van der Waals surface area contributed by atoms with E-state index in [-0.39, 0.29) is 17.4 Å². The average Bonchev–Trinajstić information content (AvgIpc) is 2.94. The van der Waals surface area contributed by atoms with E-state index in [4.69, 9.17) is 4.74 Å². The summed E-state index contributed by atoms with van der Waals surface area (Å²) in [6, 6.07) is 0. The monoisotopic (exact) mass is 322 g/mol. The Bertz CT molecular complexity index is 498. The van der Waals surface area contributed by atoms with E-state index in [1.165, 1.54) is 13.3 Å². The first kappa shape index (κ1) is 16.9. The van der Waals surface area contributed by atoms with Gasteiger partial charge in [0.1, 0.15) is 11.9 Å². The van der Waals surface area contributed by atoms with Crippen molar-refractivity contribution in [2.45, 2.75) is 83.8 Å². The van der Waals surface area contributed by atoms with E-state index in [9.17, 15) is 14.7 Å². The Morgan fingerprint density at radius 3 is 2.70 bits per heavy atom. The van der Waals surface area contributed by atoms with Gasteiger partial charge in [-0.15, -0.1) is 0 Å². The number of ether oxygens (including phenoxy) is 1. The highest BCUT2D eigenvalue weighted by Gasteiger charge is 2.52. The van der Waals surface area contributed by atoms with Crippen LogP contribution in [0.15, 0.2) is 0 Å². The van der Waals surface area contributed by atoms with Crippen LogP contribution < -0.4 is 0 Å². The van der Waals surface area contributed by atoms with Gasteiger partial charge in [-0.3, -0.25) is 4.79 Å². The third-order valence-corrected chi connectivity index (χ3v) is 6.91. The predicted molar refractivity (Wildman–Crippen MR) is 86.7 cm³/mol. The number of rotatable bonds is 4. The van der Waals surface area contributed by atoms with Crippen LogP contribution in [0.5, 0.6) is 0 Å². The van der Waals surface area contributed by atoms with Crippen LogP contribution in [0.25, 0.3) is 0 Å². The molecule has 0 aromatic heterocycles. The summed E-state index contributed by atoms with van der Waals surface area (Å²) in [4.78, 5) is 23.8. The molecule has 4 unspecified atom stereocenters. The van der Waals surface area contributed by atoms with Crippen LogP contribution in [-0.4, -0.2) is 28.6 Å². The first-order valence-electron chi connectivity index (χ1n) is 9.20. The standard InChI is InChI=1S/C19H30O4/c1-12(6-7-13-11-19(3,22)17(21)23-13)14-8-9-15-16(20)5-4-10-18(14,15)2/h12-15,22H,4-11H2,1-3H3/t12?,13-,14?,15?,18?,19-/m1/s1. The zero-order valence-corrected chi connectivity index (χ0v) is 14.6. The number of Topliss-reactive ketones (excluding diaryl/α,β-unsaturated/α-hetero) is 1. The second-order valence-corrected chi connectivity index (χ2v) is 8.62. The molecule has 0 spiro atoms. The first-order chi connectivity index (χ1) is 10.7. The van der Waals surface area contributed by atoms with Gasteiger partial charge in [0.25, 0.3) is 0 Å². The van der Waals surface area contributed by atoms with E-state index in [0.29, 0.717) is 24.0 Å². The smallest absolute Gasteiger partial charge is 0.338 e. The quantitative estimate of drug-likeness (QED) is 0.807. The van der Waals surface area contributed by atoms with Crippen LogP contribution in [0.4, 0.5) is 0 Å². The summed E-state index contributed by atoms with van der Waals surface area (Å²) in [7, 11) is 0. The molecule has 6 atom stereocenters. The molecule has 0 bridgehead atoms. The zero-order chi connectivity index (χ0) is 16.8. The lowest BCUT2D eigenvalue weighted by molar-refractivity contribution is -0.153. The molecule has 130 valence electrons. The van der Waals surface area contributed by atoms with Crippen LogP contribution >= 0.6 is 0 Å². The molecule has 0 amide bonds. The molecule has 1 aliphatic heterocycles. The van der Waals surface area contributed by atoms with Crippen molar-refractivity contribution in [2.24, 2.45) is 23.2 Å². The number of cyclic esters (lactones) is 1. The molecule has 3 aliphatic rings. The van der Waals surface area contributed by atoms with Crippen LogP contribution in [0.3, 0.4) is 0 Å².